The lowest BCUT2D eigenvalue weighted by Gasteiger charge is -2.04. The first-order chi connectivity index (χ1) is 12.5. The molecule has 3 aromatic rings. The molecule has 26 heavy (non-hydrogen) atoms. The maximum absolute atomic E-state index is 12.0. The van der Waals surface area contributed by atoms with E-state index in [4.69, 9.17) is 4.42 Å². The normalized spacial score (nSPS) is 10.5. The summed E-state index contributed by atoms with van der Waals surface area (Å²) >= 11 is 4.53. The minimum atomic E-state index is -0.200. The van der Waals surface area contributed by atoms with Crippen molar-refractivity contribution in [3.8, 4) is 11.5 Å². The molecule has 0 aliphatic heterocycles. The Morgan fingerprint density at radius 2 is 1.77 bits per heavy atom. The molecule has 8 heteroatoms. The minimum Gasteiger partial charge on any atom is -0.411 e. The highest BCUT2D eigenvalue weighted by Crippen LogP contribution is 2.24. The monoisotopic (exact) mass is 431 g/mol. The highest BCUT2D eigenvalue weighted by Gasteiger charge is 2.11. The van der Waals surface area contributed by atoms with Gasteiger partial charge in [-0.2, -0.15) is 0 Å². The summed E-state index contributed by atoms with van der Waals surface area (Å²) in [7, 11) is 0. The van der Waals surface area contributed by atoms with E-state index in [0.29, 0.717) is 22.4 Å². The number of ketones is 1. The number of rotatable bonds is 6. The van der Waals surface area contributed by atoms with Crippen LogP contribution in [0.1, 0.15) is 17.3 Å². The number of hydrogen-bond acceptors (Lipinski definition) is 6. The number of anilines is 1. The van der Waals surface area contributed by atoms with Crippen LogP contribution in [0.25, 0.3) is 11.5 Å². The van der Waals surface area contributed by atoms with Crippen LogP contribution in [0.5, 0.6) is 0 Å². The molecule has 1 N–H and O–H groups in total. The van der Waals surface area contributed by atoms with Gasteiger partial charge >= 0.3 is 0 Å². The number of nitrogens with zero attached hydrogens (tertiary/aromatic N) is 2. The second-order valence-corrected chi connectivity index (χ2v) is 7.19. The zero-order chi connectivity index (χ0) is 18.5. The first-order valence-corrected chi connectivity index (χ1v) is 9.42. The van der Waals surface area contributed by atoms with Crippen molar-refractivity contribution in [2.75, 3.05) is 11.1 Å². The van der Waals surface area contributed by atoms with Gasteiger partial charge in [-0.25, -0.2) is 0 Å². The van der Waals surface area contributed by atoms with E-state index in [1.54, 1.807) is 24.3 Å². The molecule has 1 heterocycles. The van der Waals surface area contributed by atoms with Crippen molar-refractivity contribution >= 4 is 45.1 Å². The molecule has 0 fully saturated rings. The van der Waals surface area contributed by atoms with E-state index < -0.39 is 0 Å². The van der Waals surface area contributed by atoms with E-state index in [2.05, 4.69) is 31.4 Å². The van der Waals surface area contributed by atoms with Crippen LogP contribution in [0.2, 0.25) is 0 Å². The summed E-state index contributed by atoms with van der Waals surface area (Å²) in [5.74, 6) is 0.321. The van der Waals surface area contributed by atoms with E-state index in [1.807, 2.05) is 24.3 Å². The van der Waals surface area contributed by atoms with Crippen molar-refractivity contribution in [1.82, 2.24) is 10.2 Å². The Kier molecular flexibility index (Phi) is 5.85. The third-order valence-electron chi connectivity index (χ3n) is 3.40. The SMILES string of the molecule is CC(=O)c1ccc(NC(=O)CSc2nnc(-c3ccc(Br)cc3)o2)cc1. The Morgan fingerprint density at radius 1 is 1.08 bits per heavy atom. The van der Waals surface area contributed by atoms with Crippen LogP contribution in [-0.2, 0) is 4.79 Å². The third kappa shape index (κ3) is 4.80. The number of Topliss-reactive ketones (excluding diaryl/α,β-unsaturated/α-hetero) is 1. The molecule has 0 saturated heterocycles. The van der Waals surface area contributed by atoms with Gasteiger partial charge in [0.15, 0.2) is 5.78 Å². The fraction of sp³-hybridized carbons (Fsp3) is 0.111. The van der Waals surface area contributed by atoms with Crippen molar-refractivity contribution in [3.05, 3.63) is 58.6 Å². The summed E-state index contributed by atoms with van der Waals surface area (Å²) in [4.78, 5) is 23.3. The summed E-state index contributed by atoms with van der Waals surface area (Å²) in [5.41, 5.74) is 2.04. The standard InChI is InChI=1S/C18H14BrN3O3S/c1-11(23)12-4-8-15(9-5-12)20-16(24)10-26-18-22-21-17(25-18)13-2-6-14(19)7-3-13/h2-9H,10H2,1H3,(H,20,24). The van der Waals surface area contributed by atoms with E-state index in [0.717, 1.165) is 21.8 Å². The van der Waals surface area contributed by atoms with Crippen LogP contribution < -0.4 is 5.32 Å². The van der Waals surface area contributed by atoms with Gasteiger partial charge in [-0.05, 0) is 55.5 Å². The molecule has 3 rings (SSSR count). The molecular weight excluding hydrogens is 418 g/mol. The van der Waals surface area contributed by atoms with Crippen molar-refractivity contribution < 1.29 is 14.0 Å². The molecule has 0 bridgehead atoms. The molecule has 6 nitrogen and oxygen atoms in total. The number of carbonyl (C=O) groups is 2. The lowest BCUT2D eigenvalue weighted by atomic mass is 10.1. The minimum absolute atomic E-state index is 0.0172. The number of thioether (sulfide) groups is 1. The fourth-order valence-corrected chi connectivity index (χ4v) is 2.92. The summed E-state index contributed by atoms with van der Waals surface area (Å²) in [6.07, 6.45) is 0. The van der Waals surface area contributed by atoms with Crippen LogP contribution in [0.3, 0.4) is 0 Å². The molecule has 1 amide bonds. The largest absolute Gasteiger partial charge is 0.411 e. The predicted octanol–water partition coefficient (Wildman–Crippen LogP) is 4.43. The van der Waals surface area contributed by atoms with Gasteiger partial charge < -0.3 is 9.73 Å². The van der Waals surface area contributed by atoms with Gasteiger partial charge in [0, 0.05) is 21.3 Å². The molecule has 0 aliphatic carbocycles. The van der Waals surface area contributed by atoms with Gasteiger partial charge in [-0.3, -0.25) is 9.59 Å². The third-order valence-corrected chi connectivity index (χ3v) is 4.75. The van der Waals surface area contributed by atoms with Gasteiger partial charge in [-0.15, -0.1) is 10.2 Å². The molecule has 0 saturated carbocycles. The number of nitrogens with one attached hydrogen (secondary N) is 1. The number of carbonyl (C=O) groups excluding carboxylic acids is 2. The maximum Gasteiger partial charge on any atom is 0.277 e. The topological polar surface area (TPSA) is 85.1 Å². The van der Waals surface area contributed by atoms with Crippen molar-refractivity contribution in [3.63, 3.8) is 0 Å². The molecule has 0 radical (unpaired) electrons. The van der Waals surface area contributed by atoms with Crippen LogP contribution >= 0.6 is 27.7 Å². The fourth-order valence-electron chi connectivity index (χ4n) is 2.09. The number of benzene rings is 2. The predicted molar refractivity (Wildman–Crippen MR) is 103 cm³/mol. The van der Waals surface area contributed by atoms with Crippen LogP contribution in [-0.4, -0.2) is 27.6 Å². The highest BCUT2D eigenvalue weighted by atomic mass is 79.9. The Hall–Kier alpha value is -2.45. The van der Waals surface area contributed by atoms with Gasteiger partial charge in [-0.1, -0.05) is 27.7 Å². The number of amides is 1. The van der Waals surface area contributed by atoms with E-state index in [-0.39, 0.29) is 17.4 Å². The molecule has 2 aromatic carbocycles. The van der Waals surface area contributed by atoms with Gasteiger partial charge in [0.2, 0.25) is 11.8 Å². The van der Waals surface area contributed by atoms with Crippen LogP contribution in [0, 0.1) is 0 Å². The zero-order valence-corrected chi connectivity index (χ0v) is 16.1. The van der Waals surface area contributed by atoms with Gasteiger partial charge in [0.1, 0.15) is 0 Å². The number of halogens is 1. The summed E-state index contributed by atoms with van der Waals surface area (Å²) in [5, 5.41) is 11.0. The molecule has 0 atom stereocenters. The molecule has 0 unspecified atom stereocenters. The van der Waals surface area contributed by atoms with E-state index >= 15 is 0 Å². The maximum atomic E-state index is 12.0. The molecule has 1 aromatic heterocycles. The summed E-state index contributed by atoms with van der Waals surface area (Å²) in [6.45, 7) is 1.50. The first-order valence-electron chi connectivity index (χ1n) is 7.64. The Bertz CT molecular complexity index is 924. The zero-order valence-electron chi connectivity index (χ0n) is 13.7. The van der Waals surface area contributed by atoms with Crippen LogP contribution in [0.4, 0.5) is 5.69 Å². The number of hydrogen-bond donors (Lipinski definition) is 1. The average Bonchev–Trinajstić information content (AvgIpc) is 3.10. The Morgan fingerprint density at radius 3 is 2.42 bits per heavy atom. The molecular formula is C18H14BrN3O3S. The van der Waals surface area contributed by atoms with Gasteiger partial charge in [0.25, 0.3) is 5.22 Å². The van der Waals surface area contributed by atoms with Crippen molar-refractivity contribution in [1.29, 1.82) is 0 Å². The second-order valence-electron chi connectivity index (χ2n) is 5.35. The second kappa shape index (κ2) is 8.29. The van der Waals surface area contributed by atoms with Crippen LogP contribution in [0.15, 0.2) is 62.6 Å². The lowest BCUT2D eigenvalue weighted by Crippen LogP contribution is -2.14. The quantitative estimate of drug-likeness (QED) is 0.458. The van der Waals surface area contributed by atoms with Crippen molar-refractivity contribution in [2.45, 2.75) is 12.1 Å². The first kappa shape index (κ1) is 18.3. The van der Waals surface area contributed by atoms with E-state index in [9.17, 15) is 9.59 Å². The smallest absolute Gasteiger partial charge is 0.277 e. The highest BCUT2D eigenvalue weighted by molar-refractivity contribution is 9.10. The molecule has 0 aliphatic rings. The summed E-state index contributed by atoms with van der Waals surface area (Å²) < 4.78 is 6.52. The Labute approximate surface area is 162 Å². The van der Waals surface area contributed by atoms with E-state index in [1.165, 1.54) is 6.92 Å². The number of aromatic nitrogens is 2. The lowest BCUT2D eigenvalue weighted by molar-refractivity contribution is -0.113. The molecule has 0 spiro atoms. The summed E-state index contributed by atoms with van der Waals surface area (Å²) in [6, 6.07) is 14.2. The van der Waals surface area contributed by atoms with Crippen molar-refractivity contribution in [2.24, 2.45) is 0 Å². The molecule has 132 valence electrons. The average molecular weight is 432 g/mol. The Balaban J connectivity index is 1.54. The van der Waals surface area contributed by atoms with Gasteiger partial charge in [0.05, 0.1) is 5.75 Å².